The molecule has 0 fully saturated rings. The van der Waals surface area contributed by atoms with Gasteiger partial charge in [0, 0.05) is 25.7 Å². The molecule has 98 valence electrons. The average Bonchev–Trinajstić information content (AvgIpc) is 2.35. The van der Waals surface area contributed by atoms with Gasteiger partial charge in [0.2, 0.25) is 0 Å². The Bertz CT molecular complexity index is 518. The minimum atomic E-state index is -0.409. The Balaban J connectivity index is 2.87. The van der Waals surface area contributed by atoms with Crippen LogP contribution in [0.15, 0.2) is 28.7 Å². The molecule has 1 rings (SSSR count). The van der Waals surface area contributed by atoms with Crippen LogP contribution in [0.1, 0.15) is 6.92 Å². The van der Waals surface area contributed by atoms with E-state index in [0.29, 0.717) is 5.57 Å². The molecular weight excluding hydrogens is 234 g/mol. The lowest BCUT2D eigenvalue weighted by Gasteiger charge is -2.11. The standard InChI is InChI=1S/C12H17N3O3/c1-9(12(17)18-4)5-6-15-11(16)7-10(8-13-15)14(2)3/h5,7-8H,6H2,1-4H3. The number of methoxy groups -OCH3 is 1. The van der Waals surface area contributed by atoms with Gasteiger partial charge in [0.15, 0.2) is 0 Å². The molecule has 6 nitrogen and oxygen atoms in total. The molecule has 0 aromatic carbocycles. The molecule has 1 aromatic heterocycles. The number of hydrogen-bond acceptors (Lipinski definition) is 5. The molecule has 0 aliphatic carbocycles. The molecule has 0 N–H and O–H groups in total. The van der Waals surface area contributed by atoms with Gasteiger partial charge in [0.05, 0.1) is 25.5 Å². The highest BCUT2D eigenvalue weighted by Crippen LogP contribution is 2.03. The van der Waals surface area contributed by atoms with Gasteiger partial charge in [-0.05, 0) is 6.92 Å². The van der Waals surface area contributed by atoms with Gasteiger partial charge < -0.3 is 9.64 Å². The summed E-state index contributed by atoms with van der Waals surface area (Å²) in [7, 11) is 4.99. The van der Waals surface area contributed by atoms with Gasteiger partial charge in [-0.3, -0.25) is 4.79 Å². The van der Waals surface area contributed by atoms with Crippen molar-refractivity contribution in [1.82, 2.24) is 9.78 Å². The fourth-order valence-corrected chi connectivity index (χ4v) is 1.27. The van der Waals surface area contributed by atoms with Gasteiger partial charge >= 0.3 is 5.97 Å². The van der Waals surface area contributed by atoms with Crippen LogP contribution in [0.2, 0.25) is 0 Å². The first-order chi connectivity index (χ1) is 8.45. The molecule has 1 heterocycles. The van der Waals surface area contributed by atoms with Crippen molar-refractivity contribution in [3.63, 3.8) is 0 Å². The molecule has 18 heavy (non-hydrogen) atoms. The Kier molecular flexibility index (Phi) is 4.65. The van der Waals surface area contributed by atoms with Crippen LogP contribution in [0, 0.1) is 0 Å². The zero-order valence-corrected chi connectivity index (χ0v) is 11.0. The summed E-state index contributed by atoms with van der Waals surface area (Å²) in [6.45, 7) is 1.87. The van der Waals surface area contributed by atoms with Crippen molar-refractivity contribution in [2.75, 3.05) is 26.1 Å². The smallest absolute Gasteiger partial charge is 0.333 e. The summed E-state index contributed by atoms with van der Waals surface area (Å²) < 4.78 is 5.84. The summed E-state index contributed by atoms with van der Waals surface area (Å²) in [6, 6.07) is 1.49. The number of rotatable bonds is 4. The van der Waals surface area contributed by atoms with E-state index in [1.54, 1.807) is 24.1 Å². The highest BCUT2D eigenvalue weighted by Gasteiger charge is 2.04. The van der Waals surface area contributed by atoms with Crippen LogP contribution in [0.3, 0.4) is 0 Å². The van der Waals surface area contributed by atoms with E-state index in [4.69, 9.17) is 0 Å². The van der Waals surface area contributed by atoms with Crippen molar-refractivity contribution in [2.24, 2.45) is 0 Å². The molecule has 0 aliphatic heterocycles. The monoisotopic (exact) mass is 251 g/mol. The minimum absolute atomic E-state index is 0.213. The van der Waals surface area contributed by atoms with Crippen LogP contribution < -0.4 is 10.5 Å². The Morgan fingerprint density at radius 2 is 2.22 bits per heavy atom. The number of ether oxygens (including phenoxy) is 1. The van der Waals surface area contributed by atoms with E-state index in [0.717, 1.165) is 5.69 Å². The van der Waals surface area contributed by atoms with Gasteiger partial charge in [0.1, 0.15) is 0 Å². The van der Waals surface area contributed by atoms with Crippen molar-refractivity contribution in [1.29, 1.82) is 0 Å². The van der Waals surface area contributed by atoms with Gasteiger partial charge in [-0.1, -0.05) is 6.08 Å². The van der Waals surface area contributed by atoms with E-state index in [1.165, 1.54) is 17.9 Å². The largest absolute Gasteiger partial charge is 0.466 e. The van der Waals surface area contributed by atoms with Crippen LogP contribution in [-0.2, 0) is 16.1 Å². The first kappa shape index (κ1) is 14.0. The lowest BCUT2D eigenvalue weighted by Crippen LogP contribution is -2.24. The lowest BCUT2D eigenvalue weighted by atomic mass is 10.3. The van der Waals surface area contributed by atoms with Crippen molar-refractivity contribution in [3.8, 4) is 0 Å². The van der Waals surface area contributed by atoms with Crippen molar-refractivity contribution >= 4 is 11.7 Å². The zero-order chi connectivity index (χ0) is 13.7. The van der Waals surface area contributed by atoms with Crippen LogP contribution in [0.4, 0.5) is 5.69 Å². The van der Waals surface area contributed by atoms with Crippen molar-refractivity contribution in [2.45, 2.75) is 13.5 Å². The maximum absolute atomic E-state index is 11.7. The second-order valence-corrected chi connectivity index (χ2v) is 4.01. The average molecular weight is 251 g/mol. The molecule has 0 unspecified atom stereocenters. The van der Waals surface area contributed by atoms with Gasteiger partial charge in [0.25, 0.3) is 5.56 Å². The van der Waals surface area contributed by atoms with Crippen LogP contribution >= 0.6 is 0 Å². The summed E-state index contributed by atoms with van der Waals surface area (Å²) >= 11 is 0. The number of allylic oxidation sites excluding steroid dienone is 1. The highest BCUT2D eigenvalue weighted by molar-refractivity contribution is 5.87. The second kappa shape index (κ2) is 6.00. The third-order valence-corrected chi connectivity index (χ3v) is 2.45. The number of esters is 1. The molecule has 0 amide bonds. The molecule has 0 bridgehead atoms. The molecule has 0 radical (unpaired) electrons. The molecule has 0 spiro atoms. The topological polar surface area (TPSA) is 64.4 Å². The third kappa shape index (κ3) is 3.44. The van der Waals surface area contributed by atoms with Crippen molar-refractivity contribution in [3.05, 3.63) is 34.3 Å². The summed E-state index contributed by atoms with van der Waals surface area (Å²) in [6.07, 6.45) is 3.21. The summed E-state index contributed by atoms with van der Waals surface area (Å²) in [5.41, 5.74) is 0.975. The maximum Gasteiger partial charge on any atom is 0.333 e. The van der Waals surface area contributed by atoms with E-state index in [1.807, 2.05) is 14.1 Å². The number of hydrogen-bond donors (Lipinski definition) is 0. The quantitative estimate of drug-likeness (QED) is 0.573. The van der Waals surface area contributed by atoms with Crippen LogP contribution in [0.5, 0.6) is 0 Å². The molecule has 0 saturated carbocycles. The molecule has 0 aliphatic rings. The summed E-state index contributed by atoms with van der Waals surface area (Å²) in [5.74, 6) is -0.409. The second-order valence-electron chi connectivity index (χ2n) is 4.01. The van der Waals surface area contributed by atoms with Crippen molar-refractivity contribution < 1.29 is 9.53 Å². The van der Waals surface area contributed by atoms with Gasteiger partial charge in [-0.25, -0.2) is 9.48 Å². The Labute approximate surface area is 105 Å². The van der Waals surface area contributed by atoms with Crippen LogP contribution in [0.25, 0.3) is 0 Å². The first-order valence-corrected chi connectivity index (χ1v) is 5.45. The normalized spacial score (nSPS) is 11.2. The van der Waals surface area contributed by atoms with E-state index in [-0.39, 0.29) is 12.1 Å². The van der Waals surface area contributed by atoms with E-state index in [9.17, 15) is 9.59 Å². The number of aromatic nitrogens is 2. The number of nitrogens with zero attached hydrogens (tertiary/aromatic N) is 3. The highest BCUT2D eigenvalue weighted by atomic mass is 16.5. The fourth-order valence-electron chi connectivity index (χ4n) is 1.27. The van der Waals surface area contributed by atoms with Crippen LogP contribution in [-0.4, -0.2) is 37.0 Å². The Morgan fingerprint density at radius 1 is 1.56 bits per heavy atom. The number of anilines is 1. The Hall–Kier alpha value is -2.11. The molecule has 6 heteroatoms. The third-order valence-electron chi connectivity index (χ3n) is 2.45. The minimum Gasteiger partial charge on any atom is -0.466 e. The first-order valence-electron chi connectivity index (χ1n) is 5.45. The predicted octanol–water partition coefficient (Wildman–Crippen LogP) is 0.429. The van der Waals surface area contributed by atoms with E-state index in [2.05, 4.69) is 9.84 Å². The molecule has 1 aromatic rings. The predicted molar refractivity (Wildman–Crippen MR) is 68.6 cm³/mol. The van der Waals surface area contributed by atoms with E-state index >= 15 is 0 Å². The van der Waals surface area contributed by atoms with E-state index < -0.39 is 5.97 Å². The zero-order valence-electron chi connectivity index (χ0n) is 11.0. The van der Waals surface area contributed by atoms with Gasteiger partial charge in [-0.2, -0.15) is 5.10 Å². The van der Waals surface area contributed by atoms with Gasteiger partial charge in [-0.15, -0.1) is 0 Å². The molecule has 0 atom stereocenters. The molecular formula is C12H17N3O3. The number of carbonyl (C=O) groups excluding carboxylic acids is 1. The summed E-state index contributed by atoms with van der Waals surface area (Å²) in [5, 5.41) is 4.02. The summed E-state index contributed by atoms with van der Waals surface area (Å²) in [4.78, 5) is 24.7. The Morgan fingerprint density at radius 3 is 2.72 bits per heavy atom. The number of carbonyl (C=O) groups is 1. The SMILES string of the molecule is COC(=O)C(C)=CCn1ncc(N(C)C)cc1=O. The lowest BCUT2D eigenvalue weighted by molar-refractivity contribution is -0.136. The fraction of sp³-hybridized carbons (Fsp3) is 0.417. The molecule has 0 saturated heterocycles. The maximum atomic E-state index is 11.7.